The molecule has 0 aromatic heterocycles. The fourth-order valence-corrected chi connectivity index (χ4v) is 3.42. The normalized spacial score (nSPS) is 28.7. The van der Waals surface area contributed by atoms with Crippen LogP contribution in [0.4, 0.5) is 0 Å². The second kappa shape index (κ2) is 7.43. The number of piperidine rings is 1. The molecular formula is C14H28N2O2. The van der Waals surface area contributed by atoms with Gasteiger partial charge in [-0.2, -0.15) is 0 Å². The second-order valence-corrected chi connectivity index (χ2v) is 5.61. The fourth-order valence-electron chi connectivity index (χ4n) is 3.42. The van der Waals surface area contributed by atoms with Crippen LogP contribution in [0.1, 0.15) is 32.6 Å². The number of rotatable bonds is 6. The van der Waals surface area contributed by atoms with Crippen molar-refractivity contribution in [3.63, 3.8) is 0 Å². The van der Waals surface area contributed by atoms with Gasteiger partial charge in [0, 0.05) is 19.2 Å². The first kappa shape index (κ1) is 14.3. The summed E-state index contributed by atoms with van der Waals surface area (Å²) >= 11 is 0. The van der Waals surface area contributed by atoms with Crippen molar-refractivity contribution in [2.45, 2.75) is 44.8 Å². The van der Waals surface area contributed by atoms with Crippen molar-refractivity contribution in [1.82, 2.24) is 10.2 Å². The van der Waals surface area contributed by atoms with Gasteiger partial charge in [-0.15, -0.1) is 0 Å². The van der Waals surface area contributed by atoms with Crippen LogP contribution in [-0.2, 0) is 4.74 Å². The Hall–Kier alpha value is -0.160. The van der Waals surface area contributed by atoms with E-state index in [0.717, 1.165) is 32.1 Å². The van der Waals surface area contributed by atoms with Crippen LogP contribution in [0.3, 0.4) is 0 Å². The highest BCUT2D eigenvalue weighted by molar-refractivity contribution is 4.88. The summed E-state index contributed by atoms with van der Waals surface area (Å²) < 4.78 is 5.30. The van der Waals surface area contributed by atoms with Crippen molar-refractivity contribution >= 4 is 0 Å². The Morgan fingerprint density at radius 3 is 2.83 bits per heavy atom. The molecule has 4 heteroatoms. The predicted molar refractivity (Wildman–Crippen MR) is 72.7 cm³/mol. The van der Waals surface area contributed by atoms with Gasteiger partial charge in [-0.3, -0.25) is 4.90 Å². The van der Waals surface area contributed by atoms with Crippen molar-refractivity contribution < 1.29 is 9.84 Å². The van der Waals surface area contributed by atoms with E-state index in [9.17, 15) is 5.11 Å². The highest BCUT2D eigenvalue weighted by Gasteiger charge is 2.33. The molecule has 2 aliphatic rings. The molecule has 0 aromatic carbocycles. The van der Waals surface area contributed by atoms with E-state index < -0.39 is 0 Å². The lowest BCUT2D eigenvalue weighted by Gasteiger charge is -2.35. The molecule has 2 saturated heterocycles. The van der Waals surface area contributed by atoms with Crippen LogP contribution >= 0.6 is 0 Å². The third-order valence-corrected chi connectivity index (χ3v) is 4.30. The molecule has 2 atom stereocenters. The number of nitrogens with one attached hydrogen (secondary N) is 1. The van der Waals surface area contributed by atoms with Gasteiger partial charge in [0.05, 0.1) is 12.7 Å². The number of aliphatic hydroxyl groups excluding tert-OH is 1. The topological polar surface area (TPSA) is 44.7 Å². The van der Waals surface area contributed by atoms with E-state index in [1.54, 1.807) is 0 Å². The first-order valence-corrected chi connectivity index (χ1v) is 7.51. The fraction of sp³-hybridized carbons (Fsp3) is 1.00. The molecule has 2 rings (SSSR count). The molecule has 0 spiro atoms. The summed E-state index contributed by atoms with van der Waals surface area (Å²) in [4.78, 5) is 2.50. The minimum Gasteiger partial charge on any atom is -0.389 e. The summed E-state index contributed by atoms with van der Waals surface area (Å²) in [5.74, 6) is 0.827. The summed E-state index contributed by atoms with van der Waals surface area (Å²) in [7, 11) is 0. The van der Waals surface area contributed by atoms with Gasteiger partial charge in [-0.1, -0.05) is 0 Å². The lowest BCUT2D eigenvalue weighted by Crippen LogP contribution is -2.44. The van der Waals surface area contributed by atoms with Gasteiger partial charge in [0.2, 0.25) is 0 Å². The summed E-state index contributed by atoms with van der Waals surface area (Å²) in [5.41, 5.74) is 0. The maximum Gasteiger partial charge on any atom is 0.0900 e. The van der Waals surface area contributed by atoms with E-state index in [2.05, 4.69) is 10.2 Å². The highest BCUT2D eigenvalue weighted by Crippen LogP contribution is 2.29. The van der Waals surface area contributed by atoms with Crippen LogP contribution < -0.4 is 5.32 Å². The number of nitrogens with zero attached hydrogens (tertiary/aromatic N) is 1. The molecule has 0 aliphatic carbocycles. The van der Waals surface area contributed by atoms with Crippen molar-refractivity contribution in [2.24, 2.45) is 5.92 Å². The average molecular weight is 256 g/mol. The van der Waals surface area contributed by atoms with E-state index in [0.29, 0.717) is 19.3 Å². The zero-order chi connectivity index (χ0) is 12.8. The summed E-state index contributed by atoms with van der Waals surface area (Å²) in [5, 5.41) is 13.4. The number of likely N-dealkylation sites (tertiary alicyclic amines) is 1. The highest BCUT2D eigenvalue weighted by atomic mass is 16.5. The quantitative estimate of drug-likeness (QED) is 0.739. The minimum absolute atomic E-state index is 0.327. The number of hydrogen-bond donors (Lipinski definition) is 2. The van der Waals surface area contributed by atoms with Gasteiger partial charge in [0.25, 0.3) is 0 Å². The lowest BCUT2D eigenvalue weighted by molar-refractivity contribution is 0.0123. The molecule has 0 bridgehead atoms. The van der Waals surface area contributed by atoms with Gasteiger partial charge in [-0.25, -0.2) is 0 Å². The molecule has 2 heterocycles. The summed E-state index contributed by atoms with van der Waals surface area (Å²) in [6.45, 7) is 7.40. The maximum atomic E-state index is 9.98. The smallest absolute Gasteiger partial charge is 0.0900 e. The molecule has 2 unspecified atom stereocenters. The zero-order valence-electron chi connectivity index (χ0n) is 11.6. The van der Waals surface area contributed by atoms with E-state index in [4.69, 9.17) is 4.74 Å². The average Bonchev–Trinajstić information content (AvgIpc) is 2.85. The predicted octanol–water partition coefficient (Wildman–Crippen LogP) is 0.848. The van der Waals surface area contributed by atoms with Crippen LogP contribution in [0.15, 0.2) is 0 Å². The molecular weight excluding hydrogens is 228 g/mol. The molecule has 18 heavy (non-hydrogen) atoms. The van der Waals surface area contributed by atoms with Crippen LogP contribution in [0.2, 0.25) is 0 Å². The van der Waals surface area contributed by atoms with Crippen LogP contribution in [-0.4, -0.2) is 61.5 Å². The Morgan fingerprint density at radius 1 is 1.33 bits per heavy atom. The molecule has 106 valence electrons. The number of hydrogen-bond acceptors (Lipinski definition) is 4. The Labute approximate surface area is 111 Å². The number of aliphatic hydroxyl groups is 1. The van der Waals surface area contributed by atoms with Gasteiger partial charge in [-0.05, 0) is 58.2 Å². The monoisotopic (exact) mass is 256 g/mol. The van der Waals surface area contributed by atoms with E-state index >= 15 is 0 Å². The Bertz CT molecular complexity index is 232. The van der Waals surface area contributed by atoms with Gasteiger partial charge < -0.3 is 15.2 Å². The van der Waals surface area contributed by atoms with E-state index in [1.807, 2.05) is 6.92 Å². The van der Waals surface area contributed by atoms with Gasteiger partial charge in [0.15, 0.2) is 0 Å². The van der Waals surface area contributed by atoms with Crippen molar-refractivity contribution in [2.75, 3.05) is 39.4 Å². The van der Waals surface area contributed by atoms with Crippen molar-refractivity contribution in [1.29, 1.82) is 0 Å². The minimum atomic E-state index is -0.327. The standard InChI is InChI=1S/C14H28N2O2/c1-2-18-11-13(17)10-16-9-3-4-14(16)12-5-7-15-8-6-12/h12-15,17H,2-11H2,1H3. The Balaban J connectivity index is 1.79. The van der Waals surface area contributed by atoms with Crippen molar-refractivity contribution in [3.8, 4) is 0 Å². The molecule has 4 nitrogen and oxygen atoms in total. The first-order valence-electron chi connectivity index (χ1n) is 7.51. The largest absolute Gasteiger partial charge is 0.389 e. The Morgan fingerprint density at radius 2 is 2.11 bits per heavy atom. The third kappa shape index (κ3) is 3.92. The lowest BCUT2D eigenvalue weighted by atomic mass is 9.88. The number of β-amino-alcohol motifs (C(OH)–C–C–N with tert-alkyl or cyclic N) is 1. The zero-order valence-corrected chi connectivity index (χ0v) is 11.6. The maximum absolute atomic E-state index is 9.98. The van der Waals surface area contributed by atoms with Gasteiger partial charge in [0.1, 0.15) is 0 Å². The van der Waals surface area contributed by atoms with Crippen molar-refractivity contribution in [3.05, 3.63) is 0 Å². The van der Waals surface area contributed by atoms with E-state index in [-0.39, 0.29) is 6.10 Å². The third-order valence-electron chi connectivity index (χ3n) is 4.30. The molecule has 0 amide bonds. The van der Waals surface area contributed by atoms with E-state index in [1.165, 1.54) is 25.7 Å². The molecule has 0 aromatic rings. The van der Waals surface area contributed by atoms with Crippen LogP contribution in [0.5, 0.6) is 0 Å². The first-order chi connectivity index (χ1) is 8.81. The van der Waals surface area contributed by atoms with Gasteiger partial charge >= 0.3 is 0 Å². The molecule has 2 N–H and O–H groups in total. The molecule has 2 fully saturated rings. The second-order valence-electron chi connectivity index (χ2n) is 5.61. The SMILES string of the molecule is CCOCC(O)CN1CCCC1C1CCNCC1. The summed E-state index contributed by atoms with van der Waals surface area (Å²) in [6, 6.07) is 0.698. The Kier molecular flexibility index (Phi) is 5.89. The van der Waals surface area contributed by atoms with Crippen LogP contribution in [0, 0.1) is 5.92 Å². The summed E-state index contributed by atoms with van der Waals surface area (Å²) in [6.07, 6.45) is 4.86. The van der Waals surface area contributed by atoms with Crippen LogP contribution in [0.25, 0.3) is 0 Å². The molecule has 2 aliphatic heterocycles. The molecule has 0 saturated carbocycles. The number of ether oxygens (including phenoxy) is 1. The molecule has 0 radical (unpaired) electrons.